The van der Waals surface area contributed by atoms with Gasteiger partial charge in [0, 0.05) is 22.8 Å². The third-order valence-corrected chi connectivity index (χ3v) is 6.68. The molecule has 0 aromatic heterocycles. The molecule has 2 aromatic carbocycles. The number of hydrogen-bond donors (Lipinski definition) is 0. The molecule has 1 saturated heterocycles. The number of amides is 1. The lowest BCUT2D eigenvalue weighted by Gasteiger charge is -2.29. The molecule has 0 saturated carbocycles. The molecule has 0 N–H and O–H groups in total. The molecule has 37 heavy (non-hydrogen) atoms. The van der Waals surface area contributed by atoms with Crippen molar-refractivity contribution in [1.82, 2.24) is 0 Å². The van der Waals surface area contributed by atoms with Crippen LogP contribution in [0, 0.1) is 6.57 Å². The summed E-state index contributed by atoms with van der Waals surface area (Å²) in [5, 5.41) is 3.60. The van der Waals surface area contributed by atoms with Crippen LogP contribution in [0.3, 0.4) is 0 Å². The molecule has 0 unspecified atom stereocenters. The van der Waals surface area contributed by atoms with Gasteiger partial charge in [-0.05, 0) is 80.7 Å². The van der Waals surface area contributed by atoms with Gasteiger partial charge in [-0.25, -0.2) is 4.85 Å². The highest BCUT2D eigenvalue weighted by atomic mass is 32.1. The predicted octanol–water partition coefficient (Wildman–Crippen LogP) is 7.98. The number of alkyl halides is 3. The monoisotopic (exact) mass is 528 g/mol. The standard InChI is InChI=1S/C26H27F3N6OS/c1-25(2)23(36)34(20-14-15-22(31-3)21(17-20)26(27,28)29)24(37)35(25)19-12-10-18(11-13-19)9-7-5-4-6-8-16-32-33-30/h10-15,17H,4-9,16H2,1-2H3. The Bertz CT molecular complexity index is 1250. The number of carbonyl (C=O) groups is 1. The van der Waals surface area contributed by atoms with Crippen LogP contribution in [0.1, 0.15) is 57.1 Å². The van der Waals surface area contributed by atoms with Crippen LogP contribution in [0.4, 0.5) is 30.2 Å². The van der Waals surface area contributed by atoms with E-state index in [2.05, 4.69) is 14.9 Å². The van der Waals surface area contributed by atoms with E-state index < -0.39 is 28.9 Å². The Morgan fingerprint density at radius 1 is 1.03 bits per heavy atom. The molecule has 1 amide bonds. The summed E-state index contributed by atoms with van der Waals surface area (Å²) in [5.74, 6) is -0.453. The number of unbranched alkanes of at least 4 members (excludes halogenated alkanes) is 4. The molecule has 1 heterocycles. The van der Waals surface area contributed by atoms with Crippen molar-refractivity contribution in [2.24, 2.45) is 5.11 Å². The van der Waals surface area contributed by atoms with Gasteiger partial charge >= 0.3 is 6.18 Å². The minimum atomic E-state index is -4.74. The molecule has 7 nitrogen and oxygen atoms in total. The van der Waals surface area contributed by atoms with Crippen LogP contribution >= 0.6 is 12.2 Å². The largest absolute Gasteiger partial charge is 0.407 e. The lowest BCUT2D eigenvalue weighted by molar-refractivity contribution is -0.136. The van der Waals surface area contributed by atoms with Crippen molar-refractivity contribution >= 4 is 40.3 Å². The Balaban J connectivity index is 1.73. The van der Waals surface area contributed by atoms with E-state index in [0.717, 1.165) is 61.1 Å². The Morgan fingerprint density at radius 2 is 1.65 bits per heavy atom. The maximum atomic E-state index is 13.5. The predicted molar refractivity (Wildman–Crippen MR) is 142 cm³/mol. The summed E-state index contributed by atoms with van der Waals surface area (Å²) < 4.78 is 40.6. The molecule has 1 aliphatic rings. The zero-order valence-electron chi connectivity index (χ0n) is 20.6. The summed E-state index contributed by atoms with van der Waals surface area (Å²) in [6.45, 7) is 10.9. The highest BCUT2D eigenvalue weighted by Gasteiger charge is 2.50. The van der Waals surface area contributed by atoms with E-state index in [-0.39, 0.29) is 10.8 Å². The SMILES string of the molecule is [C-]#[N+]c1ccc(N2C(=O)C(C)(C)N(c3ccc(CCCCCCCN=[N+]=[N-])cc3)C2=S)cc1C(F)(F)F. The second-order valence-corrected chi connectivity index (χ2v) is 9.63. The number of carbonyl (C=O) groups excluding carboxylic acids is 1. The van der Waals surface area contributed by atoms with E-state index in [4.69, 9.17) is 24.3 Å². The molecule has 0 radical (unpaired) electrons. The van der Waals surface area contributed by atoms with E-state index >= 15 is 0 Å². The molecule has 2 aromatic rings. The van der Waals surface area contributed by atoms with Gasteiger partial charge in [-0.1, -0.05) is 42.6 Å². The van der Waals surface area contributed by atoms with Gasteiger partial charge in [0.25, 0.3) is 5.91 Å². The van der Waals surface area contributed by atoms with Gasteiger partial charge in [0.15, 0.2) is 10.8 Å². The Kier molecular flexibility index (Phi) is 8.79. The summed E-state index contributed by atoms with van der Waals surface area (Å²) in [5.41, 5.74) is 7.30. The van der Waals surface area contributed by atoms with Crippen LogP contribution in [0.15, 0.2) is 47.6 Å². The molecule has 1 fully saturated rings. The smallest absolute Gasteiger partial charge is 0.304 e. The maximum absolute atomic E-state index is 13.5. The first-order chi connectivity index (χ1) is 17.5. The van der Waals surface area contributed by atoms with Crippen molar-refractivity contribution in [2.45, 2.75) is 64.1 Å². The van der Waals surface area contributed by atoms with Crippen molar-refractivity contribution < 1.29 is 18.0 Å². The first-order valence-corrected chi connectivity index (χ1v) is 12.3. The topological polar surface area (TPSA) is 76.7 Å². The number of aryl methyl sites for hydroxylation is 1. The minimum absolute atomic E-state index is 0.0265. The zero-order chi connectivity index (χ0) is 27.2. The van der Waals surface area contributed by atoms with Crippen molar-refractivity contribution in [3.05, 3.63) is 75.5 Å². The molecule has 11 heteroatoms. The van der Waals surface area contributed by atoms with Gasteiger partial charge < -0.3 is 4.90 Å². The van der Waals surface area contributed by atoms with Crippen molar-refractivity contribution in [3.8, 4) is 0 Å². The van der Waals surface area contributed by atoms with Gasteiger partial charge in [0.05, 0.1) is 12.1 Å². The summed E-state index contributed by atoms with van der Waals surface area (Å²) >= 11 is 5.58. The average Bonchev–Trinajstić information content (AvgIpc) is 3.03. The van der Waals surface area contributed by atoms with E-state index in [9.17, 15) is 18.0 Å². The number of thiocarbonyl (C=S) groups is 1. The van der Waals surface area contributed by atoms with Crippen molar-refractivity contribution in [2.75, 3.05) is 16.3 Å². The molecular weight excluding hydrogens is 501 g/mol. The van der Waals surface area contributed by atoms with E-state index in [1.807, 2.05) is 24.3 Å². The van der Waals surface area contributed by atoms with Crippen LogP contribution in [0.5, 0.6) is 0 Å². The third-order valence-electron chi connectivity index (χ3n) is 6.31. The fraction of sp³-hybridized carbons (Fsp3) is 0.423. The summed E-state index contributed by atoms with van der Waals surface area (Å²) in [7, 11) is 0. The fourth-order valence-electron chi connectivity index (χ4n) is 4.34. The highest BCUT2D eigenvalue weighted by molar-refractivity contribution is 7.81. The molecule has 0 bridgehead atoms. The second-order valence-electron chi connectivity index (χ2n) is 9.27. The van der Waals surface area contributed by atoms with Crippen LogP contribution in [0.2, 0.25) is 0 Å². The van der Waals surface area contributed by atoms with Gasteiger partial charge in [0.1, 0.15) is 5.54 Å². The summed E-state index contributed by atoms with van der Waals surface area (Å²) in [4.78, 5) is 21.8. The second kappa shape index (κ2) is 11.6. The van der Waals surface area contributed by atoms with Crippen LogP contribution in [-0.2, 0) is 17.4 Å². The van der Waals surface area contributed by atoms with Gasteiger partial charge in [0.2, 0.25) is 0 Å². The quantitative estimate of drug-likeness (QED) is 0.0783. The zero-order valence-corrected chi connectivity index (χ0v) is 21.4. The lowest BCUT2D eigenvalue weighted by atomic mass is 10.0. The average molecular weight is 529 g/mol. The molecule has 1 aliphatic heterocycles. The number of hydrogen-bond acceptors (Lipinski definition) is 3. The van der Waals surface area contributed by atoms with Crippen molar-refractivity contribution in [3.63, 3.8) is 0 Å². The lowest BCUT2D eigenvalue weighted by Crippen LogP contribution is -2.44. The first kappa shape index (κ1) is 28.0. The van der Waals surface area contributed by atoms with E-state index in [1.54, 1.807) is 18.7 Å². The Hall–Kier alpha value is -3.61. The third kappa shape index (κ3) is 6.21. The molecular formula is C26H27F3N6OS. The molecule has 194 valence electrons. The van der Waals surface area contributed by atoms with Gasteiger partial charge in [-0.2, -0.15) is 13.2 Å². The normalized spacial score (nSPS) is 15.0. The molecule has 0 aliphatic carbocycles. The number of anilines is 2. The van der Waals surface area contributed by atoms with Crippen LogP contribution in [0.25, 0.3) is 15.3 Å². The van der Waals surface area contributed by atoms with Gasteiger partial charge in [-0.3, -0.25) is 9.69 Å². The van der Waals surface area contributed by atoms with Crippen molar-refractivity contribution in [1.29, 1.82) is 0 Å². The summed E-state index contributed by atoms with van der Waals surface area (Å²) in [6, 6.07) is 10.8. The van der Waals surface area contributed by atoms with E-state index in [1.165, 1.54) is 6.07 Å². The van der Waals surface area contributed by atoms with Crippen LogP contribution in [-0.4, -0.2) is 23.1 Å². The maximum Gasteiger partial charge on any atom is 0.407 e. The number of azide groups is 1. The highest BCUT2D eigenvalue weighted by Crippen LogP contribution is 2.42. The number of halogens is 3. The Labute approximate surface area is 219 Å². The van der Waals surface area contributed by atoms with Crippen LogP contribution < -0.4 is 9.80 Å². The Morgan fingerprint density at radius 3 is 2.27 bits per heavy atom. The molecule has 3 rings (SSSR count). The molecule has 0 spiro atoms. The van der Waals surface area contributed by atoms with E-state index in [0.29, 0.717) is 12.2 Å². The number of rotatable bonds is 10. The molecule has 0 atom stereocenters. The number of benzene rings is 2. The van der Waals surface area contributed by atoms with Gasteiger partial charge in [-0.15, -0.1) is 0 Å². The fourth-order valence-corrected chi connectivity index (χ4v) is 4.86. The summed E-state index contributed by atoms with van der Waals surface area (Å²) in [6.07, 6.45) is 1.22. The number of nitrogens with zero attached hydrogens (tertiary/aromatic N) is 6. The minimum Gasteiger partial charge on any atom is -0.304 e. The first-order valence-electron chi connectivity index (χ1n) is 11.9.